The van der Waals surface area contributed by atoms with Gasteiger partial charge in [0.1, 0.15) is 0 Å². The van der Waals surface area contributed by atoms with Crippen LogP contribution < -0.4 is 0 Å². The molecule has 0 aliphatic heterocycles. The van der Waals surface area contributed by atoms with Crippen molar-refractivity contribution in [1.29, 1.82) is 0 Å². The van der Waals surface area contributed by atoms with Crippen molar-refractivity contribution in [2.75, 3.05) is 0 Å². The molecule has 1 atom stereocenters. The number of alkyl halides is 1. The largest absolute Gasteiger partial charge is 0.296 e. The molecule has 0 bridgehead atoms. The minimum absolute atomic E-state index is 0.0586. The van der Waals surface area contributed by atoms with Crippen molar-refractivity contribution in [3.05, 3.63) is 34.9 Å². The van der Waals surface area contributed by atoms with Gasteiger partial charge in [-0.25, -0.2) is 4.39 Å². The molecule has 1 unspecified atom stereocenters. The minimum atomic E-state index is -2.03. The Balaban J connectivity index is 2.86. The Morgan fingerprint density at radius 2 is 1.78 bits per heavy atom. The van der Waals surface area contributed by atoms with E-state index in [0.717, 1.165) is 11.1 Å². The molecule has 3 heteroatoms. The van der Waals surface area contributed by atoms with Crippen molar-refractivity contribution in [1.82, 2.24) is 0 Å². The van der Waals surface area contributed by atoms with Gasteiger partial charge < -0.3 is 0 Å². The van der Waals surface area contributed by atoms with Crippen LogP contribution in [0.2, 0.25) is 0 Å². The molecule has 0 spiro atoms. The second-order valence-electron chi connectivity index (χ2n) is 5.09. The molecular formula is C15H19FO2. The Hall–Kier alpha value is -1.51. The van der Waals surface area contributed by atoms with Gasteiger partial charge >= 0.3 is 0 Å². The third kappa shape index (κ3) is 3.49. The van der Waals surface area contributed by atoms with E-state index in [1.54, 1.807) is 18.2 Å². The van der Waals surface area contributed by atoms with E-state index in [-0.39, 0.29) is 17.9 Å². The molecule has 1 aromatic rings. The maximum Gasteiger partial charge on any atom is 0.220 e. The van der Waals surface area contributed by atoms with Gasteiger partial charge in [-0.3, -0.25) is 9.59 Å². The first kappa shape index (κ1) is 14.6. The van der Waals surface area contributed by atoms with Gasteiger partial charge in [0.2, 0.25) is 12.0 Å². The molecule has 1 aromatic carbocycles. The van der Waals surface area contributed by atoms with E-state index in [9.17, 15) is 14.0 Å². The molecule has 0 amide bonds. The molecule has 98 valence electrons. The quantitative estimate of drug-likeness (QED) is 0.592. The summed E-state index contributed by atoms with van der Waals surface area (Å²) in [5, 5.41) is 0. The summed E-state index contributed by atoms with van der Waals surface area (Å²) < 4.78 is 13.8. The van der Waals surface area contributed by atoms with Crippen LogP contribution in [-0.4, -0.2) is 17.7 Å². The first-order valence-corrected chi connectivity index (χ1v) is 6.11. The number of benzene rings is 1. The van der Waals surface area contributed by atoms with Gasteiger partial charge in [0.25, 0.3) is 0 Å². The molecule has 0 aliphatic rings. The van der Waals surface area contributed by atoms with Crippen molar-refractivity contribution < 1.29 is 14.0 Å². The topological polar surface area (TPSA) is 34.1 Å². The standard InChI is InChI=1S/C15H19FO2/c1-9(2)7-13(17)14(16)15(18)12-6-5-10(3)11(4)8-12/h5-6,8-9,14H,7H2,1-4H3. The third-order valence-electron chi connectivity index (χ3n) is 2.91. The summed E-state index contributed by atoms with van der Waals surface area (Å²) in [6.45, 7) is 7.42. The summed E-state index contributed by atoms with van der Waals surface area (Å²) in [4.78, 5) is 23.4. The lowest BCUT2D eigenvalue weighted by molar-refractivity contribution is -0.122. The Morgan fingerprint density at radius 1 is 1.17 bits per heavy atom. The van der Waals surface area contributed by atoms with Crippen molar-refractivity contribution in [3.8, 4) is 0 Å². The molecule has 0 saturated carbocycles. The Kier molecular flexibility index (Phi) is 4.76. The van der Waals surface area contributed by atoms with Crippen molar-refractivity contribution in [3.63, 3.8) is 0 Å². The van der Waals surface area contributed by atoms with Crippen LogP contribution in [0.4, 0.5) is 4.39 Å². The SMILES string of the molecule is Cc1ccc(C(=O)C(F)C(=O)CC(C)C)cc1C. The van der Waals surface area contributed by atoms with Gasteiger partial charge in [0.15, 0.2) is 5.78 Å². The van der Waals surface area contributed by atoms with Gasteiger partial charge in [-0.1, -0.05) is 26.0 Å². The lowest BCUT2D eigenvalue weighted by atomic mass is 9.96. The van der Waals surface area contributed by atoms with Crippen LogP contribution in [0.25, 0.3) is 0 Å². The van der Waals surface area contributed by atoms with Crippen LogP contribution >= 0.6 is 0 Å². The van der Waals surface area contributed by atoms with E-state index in [1.807, 2.05) is 27.7 Å². The molecule has 0 saturated heterocycles. The van der Waals surface area contributed by atoms with Crippen LogP contribution in [0.1, 0.15) is 41.8 Å². The number of rotatable bonds is 5. The maximum atomic E-state index is 13.8. The fourth-order valence-electron chi connectivity index (χ4n) is 1.69. The molecule has 1 rings (SSSR count). The monoisotopic (exact) mass is 250 g/mol. The van der Waals surface area contributed by atoms with E-state index < -0.39 is 17.7 Å². The summed E-state index contributed by atoms with van der Waals surface area (Å²) >= 11 is 0. The Morgan fingerprint density at radius 3 is 2.28 bits per heavy atom. The average Bonchev–Trinajstić information content (AvgIpc) is 2.30. The highest BCUT2D eigenvalue weighted by Crippen LogP contribution is 2.15. The van der Waals surface area contributed by atoms with Crippen molar-refractivity contribution in [2.45, 2.75) is 40.3 Å². The number of hydrogen-bond acceptors (Lipinski definition) is 2. The number of aryl methyl sites for hydroxylation is 2. The molecule has 0 radical (unpaired) electrons. The normalized spacial score (nSPS) is 12.6. The summed E-state index contributed by atoms with van der Waals surface area (Å²) in [7, 11) is 0. The molecule has 0 N–H and O–H groups in total. The molecule has 0 fully saturated rings. The summed E-state index contributed by atoms with van der Waals surface area (Å²) in [6.07, 6.45) is -1.94. The predicted molar refractivity (Wildman–Crippen MR) is 69.6 cm³/mol. The Bertz CT molecular complexity index is 464. The highest BCUT2D eigenvalue weighted by atomic mass is 19.1. The fraction of sp³-hybridized carbons (Fsp3) is 0.467. The minimum Gasteiger partial charge on any atom is -0.296 e. The highest BCUT2D eigenvalue weighted by molar-refractivity contribution is 6.13. The number of carbonyl (C=O) groups is 2. The summed E-state index contributed by atoms with van der Waals surface area (Å²) in [5.74, 6) is -1.31. The molecule has 0 aliphatic carbocycles. The van der Waals surface area contributed by atoms with Crippen LogP contribution in [0, 0.1) is 19.8 Å². The average molecular weight is 250 g/mol. The molecule has 0 aromatic heterocycles. The first-order valence-electron chi connectivity index (χ1n) is 6.11. The second-order valence-corrected chi connectivity index (χ2v) is 5.09. The molecular weight excluding hydrogens is 231 g/mol. The second kappa shape index (κ2) is 5.89. The van der Waals surface area contributed by atoms with E-state index in [1.165, 1.54) is 0 Å². The van der Waals surface area contributed by atoms with E-state index in [0.29, 0.717) is 0 Å². The van der Waals surface area contributed by atoms with Crippen LogP contribution in [0.5, 0.6) is 0 Å². The lowest BCUT2D eigenvalue weighted by Gasteiger charge is -2.09. The number of Topliss-reactive ketones (excluding diaryl/α,β-unsaturated/α-hetero) is 2. The zero-order valence-corrected chi connectivity index (χ0v) is 11.3. The van der Waals surface area contributed by atoms with E-state index in [2.05, 4.69) is 0 Å². The number of ketones is 2. The molecule has 2 nitrogen and oxygen atoms in total. The zero-order chi connectivity index (χ0) is 13.9. The Labute approximate surface area is 107 Å². The lowest BCUT2D eigenvalue weighted by Crippen LogP contribution is -2.27. The first-order chi connectivity index (χ1) is 8.32. The van der Waals surface area contributed by atoms with Gasteiger partial charge in [-0.2, -0.15) is 0 Å². The molecule has 18 heavy (non-hydrogen) atoms. The van der Waals surface area contributed by atoms with Crippen LogP contribution in [-0.2, 0) is 4.79 Å². The number of halogens is 1. The maximum absolute atomic E-state index is 13.8. The van der Waals surface area contributed by atoms with Crippen LogP contribution in [0.3, 0.4) is 0 Å². The number of carbonyl (C=O) groups excluding carboxylic acids is 2. The summed E-state index contributed by atoms with van der Waals surface area (Å²) in [5.41, 5.74) is 2.22. The van der Waals surface area contributed by atoms with Crippen molar-refractivity contribution in [2.24, 2.45) is 5.92 Å². The van der Waals surface area contributed by atoms with Crippen molar-refractivity contribution >= 4 is 11.6 Å². The smallest absolute Gasteiger partial charge is 0.220 e. The van der Waals surface area contributed by atoms with Gasteiger partial charge in [0.05, 0.1) is 0 Å². The van der Waals surface area contributed by atoms with Gasteiger partial charge in [-0.05, 0) is 37.0 Å². The highest BCUT2D eigenvalue weighted by Gasteiger charge is 2.27. The molecule has 0 heterocycles. The van der Waals surface area contributed by atoms with E-state index >= 15 is 0 Å². The van der Waals surface area contributed by atoms with E-state index in [4.69, 9.17) is 0 Å². The third-order valence-corrected chi connectivity index (χ3v) is 2.91. The fourth-order valence-corrected chi connectivity index (χ4v) is 1.69. The predicted octanol–water partition coefficient (Wildman–Crippen LogP) is 3.44. The van der Waals surface area contributed by atoms with Crippen LogP contribution in [0.15, 0.2) is 18.2 Å². The summed E-state index contributed by atoms with van der Waals surface area (Å²) in [6, 6.07) is 4.97. The number of hydrogen-bond donors (Lipinski definition) is 0. The zero-order valence-electron chi connectivity index (χ0n) is 11.3. The van der Waals surface area contributed by atoms with Gasteiger partial charge in [-0.15, -0.1) is 0 Å². The van der Waals surface area contributed by atoms with Gasteiger partial charge in [0, 0.05) is 12.0 Å².